The summed E-state index contributed by atoms with van der Waals surface area (Å²) in [4.78, 5) is 0. The summed E-state index contributed by atoms with van der Waals surface area (Å²) in [6.07, 6.45) is 4.47. The van der Waals surface area contributed by atoms with E-state index in [1.165, 1.54) is 19.0 Å². The molecule has 0 spiro atoms. The zero-order valence-electron chi connectivity index (χ0n) is 6.07. The minimum Gasteiger partial charge on any atom is -0.104 e. The molecule has 0 bridgehead atoms. The Hall–Kier alpha value is 0.430. The van der Waals surface area contributed by atoms with E-state index in [1.807, 2.05) is 0 Å². The standard InChI is InChI=1S/C7H15P/c1-7(2)5-4-6-8(7)3/h4-6H2,1-3H3. The summed E-state index contributed by atoms with van der Waals surface area (Å²) in [6, 6.07) is 0. The highest BCUT2D eigenvalue weighted by Gasteiger charge is 2.29. The van der Waals surface area contributed by atoms with E-state index in [4.69, 9.17) is 0 Å². The molecule has 0 aromatic carbocycles. The van der Waals surface area contributed by atoms with Crippen LogP contribution in [0, 0.1) is 0 Å². The van der Waals surface area contributed by atoms with Crippen LogP contribution in [0.2, 0.25) is 0 Å². The Kier molecular flexibility index (Phi) is 1.63. The summed E-state index contributed by atoms with van der Waals surface area (Å²) < 4.78 is 0. The van der Waals surface area contributed by atoms with Crippen molar-refractivity contribution in [1.29, 1.82) is 0 Å². The Labute approximate surface area is 53.4 Å². The van der Waals surface area contributed by atoms with Crippen LogP contribution in [0.3, 0.4) is 0 Å². The average Bonchev–Trinajstić information content (AvgIpc) is 1.86. The zero-order valence-corrected chi connectivity index (χ0v) is 6.96. The zero-order chi connectivity index (χ0) is 6.20. The van der Waals surface area contributed by atoms with Crippen molar-refractivity contribution in [1.82, 2.24) is 0 Å². The lowest BCUT2D eigenvalue weighted by molar-refractivity contribution is 0.658. The maximum atomic E-state index is 2.43. The van der Waals surface area contributed by atoms with E-state index in [-0.39, 0.29) is 0 Å². The van der Waals surface area contributed by atoms with Crippen LogP contribution in [-0.4, -0.2) is 18.0 Å². The molecular weight excluding hydrogens is 115 g/mol. The van der Waals surface area contributed by atoms with E-state index in [1.54, 1.807) is 0 Å². The van der Waals surface area contributed by atoms with Gasteiger partial charge in [-0.3, -0.25) is 0 Å². The Morgan fingerprint density at radius 1 is 1.38 bits per heavy atom. The Morgan fingerprint density at radius 2 is 2.00 bits per heavy atom. The molecule has 0 aliphatic carbocycles. The van der Waals surface area contributed by atoms with Gasteiger partial charge < -0.3 is 0 Å². The van der Waals surface area contributed by atoms with Gasteiger partial charge in [0.2, 0.25) is 0 Å². The van der Waals surface area contributed by atoms with Crippen LogP contribution in [0.4, 0.5) is 0 Å². The molecule has 8 heavy (non-hydrogen) atoms. The first-order chi connectivity index (χ1) is 3.63. The largest absolute Gasteiger partial charge is 0.104 e. The summed E-state index contributed by atoms with van der Waals surface area (Å²) in [5.41, 5.74) is 0. The van der Waals surface area contributed by atoms with Crippen LogP contribution in [0.5, 0.6) is 0 Å². The molecule has 0 radical (unpaired) electrons. The third-order valence-corrected chi connectivity index (χ3v) is 5.59. The molecule has 0 aromatic rings. The molecule has 0 saturated carbocycles. The molecule has 1 aliphatic rings. The maximum absolute atomic E-state index is 2.43. The average molecular weight is 130 g/mol. The molecule has 1 heteroatoms. The van der Waals surface area contributed by atoms with Gasteiger partial charge in [-0.25, -0.2) is 0 Å². The van der Waals surface area contributed by atoms with Crippen LogP contribution in [0.25, 0.3) is 0 Å². The SMILES string of the molecule is CP1CCCC1(C)C. The highest BCUT2D eigenvalue weighted by Crippen LogP contribution is 2.54. The molecular formula is C7H15P. The molecule has 0 amide bonds. The van der Waals surface area contributed by atoms with Crippen molar-refractivity contribution in [3.8, 4) is 0 Å². The van der Waals surface area contributed by atoms with E-state index in [0.29, 0.717) is 7.92 Å². The van der Waals surface area contributed by atoms with Gasteiger partial charge in [-0.15, -0.1) is 7.92 Å². The van der Waals surface area contributed by atoms with Gasteiger partial charge in [-0.1, -0.05) is 13.8 Å². The van der Waals surface area contributed by atoms with Crippen LogP contribution < -0.4 is 0 Å². The quantitative estimate of drug-likeness (QED) is 0.442. The molecule has 1 heterocycles. The fourth-order valence-corrected chi connectivity index (χ4v) is 3.02. The van der Waals surface area contributed by atoms with E-state index in [0.717, 1.165) is 5.16 Å². The minimum atomic E-state index is 0.392. The second-order valence-corrected chi connectivity index (χ2v) is 6.39. The molecule has 0 nitrogen and oxygen atoms in total. The van der Waals surface area contributed by atoms with Crippen molar-refractivity contribution in [2.24, 2.45) is 0 Å². The summed E-state index contributed by atoms with van der Waals surface area (Å²) in [5.74, 6) is 0. The second kappa shape index (κ2) is 1.99. The van der Waals surface area contributed by atoms with Crippen LogP contribution in [0.1, 0.15) is 26.7 Å². The molecule has 1 rings (SSSR count). The monoisotopic (exact) mass is 130 g/mol. The first-order valence-electron chi connectivity index (χ1n) is 3.34. The van der Waals surface area contributed by atoms with Gasteiger partial charge in [0.15, 0.2) is 0 Å². The lowest BCUT2D eigenvalue weighted by Crippen LogP contribution is -2.09. The van der Waals surface area contributed by atoms with Crippen LogP contribution in [-0.2, 0) is 0 Å². The van der Waals surface area contributed by atoms with Crippen LogP contribution >= 0.6 is 7.92 Å². The van der Waals surface area contributed by atoms with E-state index in [9.17, 15) is 0 Å². The maximum Gasteiger partial charge on any atom is -0.0153 e. The molecule has 1 atom stereocenters. The van der Waals surface area contributed by atoms with Crippen LogP contribution in [0.15, 0.2) is 0 Å². The third-order valence-electron chi connectivity index (χ3n) is 2.32. The predicted octanol–water partition coefficient (Wildman–Crippen LogP) is 2.67. The molecule has 48 valence electrons. The smallest absolute Gasteiger partial charge is 0.0153 e. The summed E-state index contributed by atoms with van der Waals surface area (Å²) in [7, 11) is 0.392. The Balaban J connectivity index is 2.54. The fourth-order valence-electron chi connectivity index (χ4n) is 1.24. The minimum absolute atomic E-state index is 0.392. The topological polar surface area (TPSA) is 0 Å². The molecule has 1 fully saturated rings. The molecule has 1 unspecified atom stereocenters. The van der Waals surface area contributed by atoms with E-state index >= 15 is 0 Å². The van der Waals surface area contributed by atoms with Crippen molar-refractivity contribution in [3.05, 3.63) is 0 Å². The molecule has 0 aromatic heterocycles. The third kappa shape index (κ3) is 1.05. The summed E-state index contributed by atoms with van der Waals surface area (Å²) in [5, 5.41) is 0.718. The van der Waals surface area contributed by atoms with Gasteiger partial charge in [-0.2, -0.15) is 0 Å². The van der Waals surface area contributed by atoms with Crippen molar-refractivity contribution < 1.29 is 0 Å². The number of hydrogen-bond acceptors (Lipinski definition) is 0. The lowest BCUT2D eigenvalue weighted by atomic mass is 10.1. The predicted molar refractivity (Wildman–Crippen MR) is 41.0 cm³/mol. The highest BCUT2D eigenvalue weighted by molar-refractivity contribution is 7.58. The first kappa shape index (κ1) is 6.55. The van der Waals surface area contributed by atoms with Gasteiger partial charge in [-0.05, 0) is 30.8 Å². The van der Waals surface area contributed by atoms with Gasteiger partial charge in [0.25, 0.3) is 0 Å². The van der Waals surface area contributed by atoms with E-state index < -0.39 is 0 Å². The Bertz CT molecular complexity index is 86.4. The molecule has 0 N–H and O–H groups in total. The summed E-state index contributed by atoms with van der Waals surface area (Å²) in [6.45, 7) is 7.25. The van der Waals surface area contributed by atoms with Gasteiger partial charge >= 0.3 is 0 Å². The number of rotatable bonds is 0. The van der Waals surface area contributed by atoms with Crippen molar-refractivity contribution in [2.75, 3.05) is 12.8 Å². The van der Waals surface area contributed by atoms with Crippen molar-refractivity contribution in [2.45, 2.75) is 31.8 Å². The van der Waals surface area contributed by atoms with Gasteiger partial charge in [0.05, 0.1) is 0 Å². The first-order valence-corrected chi connectivity index (χ1v) is 5.31. The molecule has 1 aliphatic heterocycles. The summed E-state index contributed by atoms with van der Waals surface area (Å²) >= 11 is 0. The van der Waals surface area contributed by atoms with Gasteiger partial charge in [0.1, 0.15) is 0 Å². The highest BCUT2D eigenvalue weighted by atomic mass is 31.1. The van der Waals surface area contributed by atoms with Gasteiger partial charge in [0, 0.05) is 0 Å². The lowest BCUT2D eigenvalue weighted by Gasteiger charge is -2.23. The van der Waals surface area contributed by atoms with E-state index in [2.05, 4.69) is 20.5 Å². The normalized spacial score (nSPS) is 35.6. The second-order valence-electron chi connectivity index (χ2n) is 3.34. The fraction of sp³-hybridized carbons (Fsp3) is 1.00. The Morgan fingerprint density at radius 3 is 2.12 bits per heavy atom. The van der Waals surface area contributed by atoms with Crippen molar-refractivity contribution >= 4 is 7.92 Å². The molecule has 1 saturated heterocycles. The van der Waals surface area contributed by atoms with Crippen molar-refractivity contribution in [3.63, 3.8) is 0 Å². The number of hydrogen-bond donors (Lipinski definition) is 0.